The minimum absolute atomic E-state index is 0.0373. The molecule has 0 aromatic carbocycles. The quantitative estimate of drug-likeness (QED) is 0.937. The van der Waals surface area contributed by atoms with Gasteiger partial charge in [-0.05, 0) is 37.6 Å². The number of hydrogen-bond donors (Lipinski definition) is 1. The zero-order valence-corrected chi connectivity index (χ0v) is 13.2. The van der Waals surface area contributed by atoms with Gasteiger partial charge in [-0.25, -0.2) is 4.98 Å². The highest BCUT2D eigenvalue weighted by molar-refractivity contribution is 5.38. The van der Waals surface area contributed by atoms with Gasteiger partial charge in [0.05, 0.1) is 0 Å². The highest BCUT2D eigenvalue weighted by Crippen LogP contribution is 2.14. The van der Waals surface area contributed by atoms with Crippen molar-refractivity contribution in [3.63, 3.8) is 0 Å². The monoisotopic (exact) mass is 298 g/mol. The first kappa shape index (κ1) is 14.8. The maximum absolute atomic E-state index is 12.0. The van der Waals surface area contributed by atoms with Crippen molar-refractivity contribution in [2.24, 2.45) is 0 Å². The van der Waals surface area contributed by atoms with Crippen LogP contribution in [0.2, 0.25) is 0 Å². The number of pyridine rings is 2. The van der Waals surface area contributed by atoms with Gasteiger partial charge in [0.25, 0.3) is 5.56 Å². The molecule has 0 saturated carbocycles. The van der Waals surface area contributed by atoms with Gasteiger partial charge >= 0.3 is 0 Å². The SMILES string of the molecule is Cc1cc(CN2CCN(c3ccccn3)CC2)c(=O)[nH]c1C. The zero-order valence-electron chi connectivity index (χ0n) is 13.2. The molecule has 116 valence electrons. The maximum atomic E-state index is 12.0. The third kappa shape index (κ3) is 3.20. The van der Waals surface area contributed by atoms with Crippen molar-refractivity contribution in [3.05, 3.63) is 57.6 Å². The Kier molecular flexibility index (Phi) is 4.24. The topological polar surface area (TPSA) is 52.2 Å². The van der Waals surface area contributed by atoms with Crippen molar-refractivity contribution in [3.8, 4) is 0 Å². The van der Waals surface area contributed by atoms with Crippen molar-refractivity contribution in [2.75, 3.05) is 31.1 Å². The van der Waals surface area contributed by atoms with E-state index in [4.69, 9.17) is 0 Å². The van der Waals surface area contributed by atoms with Crippen LogP contribution in [-0.2, 0) is 6.54 Å². The molecule has 0 atom stereocenters. The van der Waals surface area contributed by atoms with E-state index in [1.165, 1.54) is 0 Å². The van der Waals surface area contributed by atoms with Crippen molar-refractivity contribution >= 4 is 5.82 Å². The van der Waals surface area contributed by atoms with E-state index in [0.29, 0.717) is 6.54 Å². The molecule has 0 bridgehead atoms. The maximum Gasteiger partial charge on any atom is 0.252 e. The third-order valence-electron chi connectivity index (χ3n) is 4.31. The van der Waals surface area contributed by atoms with Crippen LogP contribution in [0.15, 0.2) is 35.3 Å². The van der Waals surface area contributed by atoms with Crippen molar-refractivity contribution in [1.29, 1.82) is 0 Å². The molecule has 5 nitrogen and oxygen atoms in total. The molecule has 1 saturated heterocycles. The van der Waals surface area contributed by atoms with Crippen LogP contribution in [-0.4, -0.2) is 41.0 Å². The van der Waals surface area contributed by atoms with Gasteiger partial charge in [0, 0.05) is 50.2 Å². The predicted octanol–water partition coefficient (Wildman–Crippen LogP) is 1.71. The Labute approximate surface area is 130 Å². The Morgan fingerprint density at radius 2 is 1.95 bits per heavy atom. The summed E-state index contributed by atoms with van der Waals surface area (Å²) in [5.74, 6) is 1.03. The molecule has 0 aliphatic carbocycles. The molecule has 1 aliphatic rings. The summed E-state index contributed by atoms with van der Waals surface area (Å²) in [4.78, 5) is 24.0. The fourth-order valence-corrected chi connectivity index (χ4v) is 2.82. The van der Waals surface area contributed by atoms with Gasteiger partial charge in [0.1, 0.15) is 5.82 Å². The molecule has 22 heavy (non-hydrogen) atoms. The first-order valence-electron chi connectivity index (χ1n) is 7.71. The average molecular weight is 298 g/mol. The number of piperazine rings is 1. The van der Waals surface area contributed by atoms with E-state index in [0.717, 1.165) is 48.8 Å². The second-order valence-electron chi connectivity index (χ2n) is 5.88. The van der Waals surface area contributed by atoms with Gasteiger partial charge < -0.3 is 9.88 Å². The Morgan fingerprint density at radius 3 is 2.64 bits per heavy atom. The minimum atomic E-state index is 0.0373. The molecule has 1 N–H and O–H groups in total. The fourth-order valence-electron chi connectivity index (χ4n) is 2.82. The predicted molar refractivity (Wildman–Crippen MR) is 88.3 cm³/mol. The highest BCUT2D eigenvalue weighted by Gasteiger charge is 2.18. The lowest BCUT2D eigenvalue weighted by atomic mass is 10.1. The van der Waals surface area contributed by atoms with Crippen LogP contribution in [0, 0.1) is 13.8 Å². The van der Waals surface area contributed by atoms with Crippen LogP contribution in [0.3, 0.4) is 0 Å². The van der Waals surface area contributed by atoms with Crippen LogP contribution in [0.25, 0.3) is 0 Å². The molecule has 1 aliphatic heterocycles. The molecule has 1 fully saturated rings. The number of nitrogens with zero attached hydrogens (tertiary/aromatic N) is 3. The van der Waals surface area contributed by atoms with Gasteiger partial charge in [0.2, 0.25) is 0 Å². The smallest absolute Gasteiger partial charge is 0.252 e. The second-order valence-corrected chi connectivity index (χ2v) is 5.88. The molecule has 0 amide bonds. The summed E-state index contributed by atoms with van der Waals surface area (Å²) in [5.41, 5.74) is 2.99. The Morgan fingerprint density at radius 1 is 1.18 bits per heavy atom. The molecule has 3 heterocycles. The van der Waals surface area contributed by atoms with Crippen LogP contribution in [0.4, 0.5) is 5.82 Å². The first-order valence-corrected chi connectivity index (χ1v) is 7.71. The van der Waals surface area contributed by atoms with Gasteiger partial charge in [-0.15, -0.1) is 0 Å². The molecule has 0 spiro atoms. The van der Waals surface area contributed by atoms with E-state index in [1.54, 1.807) is 0 Å². The number of aryl methyl sites for hydroxylation is 2. The lowest BCUT2D eigenvalue weighted by molar-refractivity contribution is 0.248. The minimum Gasteiger partial charge on any atom is -0.354 e. The van der Waals surface area contributed by atoms with Crippen molar-refractivity contribution < 1.29 is 0 Å². The molecular weight excluding hydrogens is 276 g/mol. The Hall–Kier alpha value is -2.14. The number of aromatic nitrogens is 2. The van der Waals surface area contributed by atoms with Gasteiger partial charge in [-0.3, -0.25) is 9.69 Å². The summed E-state index contributed by atoms with van der Waals surface area (Å²) < 4.78 is 0. The molecule has 5 heteroatoms. The summed E-state index contributed by atoms with van der Waals surface area (Å²) in [5, 5.41) is 0. The van der Waals surface area contributed by atoms with Crippen molar-refractivity contribution in [1.82, 2.24) is 14.9 Å². The number of hydrogen-bond acceptors (Lipinski definition) is 4. The second kappa shape index (κ2) is 6.32. The molecule has 2 aromatic heterocycles. The summed E-state index contributed by atoms with van der Waals surface area (Å²) in [6.07, 6.45) is 1.83. The Balaban J connectivity index is 1.63. The average Bonchev–Trinajstić information content (AvgIpc) is 2.54. The van der Waals surface area contributed by atoms with E-state index in [2.05, 4.69) is 19.8 Å². The largest absolute Gasteiger partial charge is 0.354 e. The van der Waals surface area contributed by atoms with E-state index in [-0.39, 0.29) is 5.56 Å². The van der Waals surface area contributed by atoms with E-state index in [1.807, 2.05) is 44.3 Å². The summed E-state index contributed by atoms with van der Waals surface area (Å²) in [7, 11) is 0. The molecule has 2 aromatic rings. The standard InChI is InChI=1S/C17H22N4O/c1-13-11-15(17(22)19-14(13)2)12-20-7-9-21(10-8-20)16-5-3-4-6-18-16/h3-6,11H,7-10,12H2,1-2H3,(H,19,22). The lowest BCUT2D eigenvalue weighted by Gasteiger charge is -2.35. The number of H-pyrrole nitrogens is 1. The van der Waals surface area contributed by atoms with Crippen LogP contribution < -0.4 is 10.5 Å². The summed E-state index contributed by atoms with van der Waals surface area (Å²) in [6, 6.07) is 8.01. The lowest BCUT2D eigenvalue weighted by Crippen LogP contribution is -2.46. The van der Waals surface area contributed by atoms with Gasteiger partial charge in [0.15, 0.2) is 0 Å². The Bertz CT molecular complexity index is 688. The summed E-state index contributed by atoms with van der Waals surface area (Å²) in [6.45, 7) is 8.47. The summed E-state index contributed by atoms with van der Waals surface area (Å²) >= 11 is 0. The normalized spacial score (nSPS) is 16.0. The molecule has 0 radical (unpaired) electrons. The number of aromatic amines is 1. The fraction of sp³-hybridized carbons (Fsp3) is 0.412. The van der Waals surface area contributed by atoms with E-state index >= 15 is 0 Å². The van der Waals surface area contributed by atoms with Crippen molar-refractivity contribution in [2.45, 2.75) is 20.4 Å². The van der Waals surface area contributed by atoms with Crippen LogP contribution >= 0.6 is 0 Å². The molecule has 3 rings (SSSR count). The molecule has 0 unspecified atom stereocenters. The first-order chi connectivity index (χ1) is 10.6. The number of nitrogens with one attached hydrogen (secondary N) is 1. The van der Waals surface area contributed by atoms with Crippen LogP contribution in [0.5, 0.6) is 0 Å². The zero-order chi connectivity index (χ0) is 15.5. The van der Waals surface area contributed by atoms with Crippen LogP contribution in [0.1, 0.15) is 16.8 Å². The van der Waals surface area contributed by atoms with E-state index < -0.39 is 0 Å². The third-order valence-corrected chi connectivity index (χ3v) is 4.31. The van der Waals surface area contributed by atoms with E-state index in [9.17, 15) is 4.79 Å². The van der Waals surface area contributed by atoms with Gasteiger partial charge in [-0.2, -0.15) is 0 Å². The highest BCUT2D eigenvalue weighted by atomic mass is 16.1. The number of anilines is 1. The molecular formula is C17H22N4O. The number of rotatable bonds is 3. The van der Waals surface area contributed by atoms with Gasteiger partial charge in [-0.1, -0.05) is 6.07 Å².